The van der Waals surface area contributed by atoms with Crippen LogP contribution in [0.5, 0.6) is 0 Å². The number of para-hydroxylation sites is 1. The fraction of sp³-hybridized carbons (Fsp3) is 0.125. The molecule has 0 spiro atoms. The van der Waals surface area contributed by atoms with Crippen molar-refractivity contribution in [1.82, 2.24) is 15.3 Å². The van der Waals surface area contributed by atoms with Crippen molar-refractivity contribution in [3.63, 3.8) is 0 Å². The van der Waals surface area contributed by atoms with E-state index >= 15 is 0 Å². The molecule has 1 amide bonds. The Labute approximate surface area is 174 Å². The van der Waals surface area contributed by atoms with E-state index in [-0.39, 0.29) is 5.91 Å². The number of carbonyl (C=O) groups excluding carboxylic acids is 1. The van der Waals surface area contributed by atoms with Gasteiger partial charge in [0.2, 0.25) is 5.91 Å². The van der Waals surface area contributed by atoms with Gasteiger partial charge in [0.1, 0.15) is 10.9 Å². The Morgan fingerprint density at radius 3 is 2.21 bits per heavy atom. The SMILES string of the molecule is O=C(CSc1nc(Cc2ccccc2)nc2ccccc12)NCc1ccccc1. The summed E-state index contributed by atoms with van der Waals surface area (Å²) in [4.78, 5) is 21.8. The maximum absolute atomic E-state index is 12.3. The molecule has 0 saturated heterocycles. The minimum Gasteiger partial charge on any atom is -0.351 e. The molecule has 1 aromatic heterocycles. The van der Waals surface area contributed by atoms with E-state index in [1.165, 1.54) is 17.3 Å². The predicted octanol–water partition coefficient (Wildman–Crippen LogP) is 4.63. The molecule has 0 bridgehead atoms. The van der Waals surface area contributed by atoms with Gasteiger partial charge in [-0.05, 0) is 17.2 Å². The molecule has 0 aliphatic carbocycles. The van der Waals surface area contributed by atoms with Crippen LogP contribution >= 0.6 is 11.8 Å². The Kier molecular flexibility index (Phi) is 6.17. The van der Waals surface area contributed by atoms with Crippen molar-refractivity contribution < 1.29 is 4.79 Å². The first kappa shape index (κ1) is 19.2. The quantitative estimate of drug-likeness (QED) is 0.364. The number of amides is 1. The lowest BCUT2D eigenvalue weighted by atomic mass is 10.1. The Morgan fingerprint density at radius 2 is 1.45 bits per heavy atom. The highest BCUT2D eigenvalue weighted by Gasteiger charge is 2.11. The molecule has 5 heteroatoms. The van der Waals surface area contributed by atoms with Gasteiger partial charge >= 0.3 is 0 Å². The topological polar surface area (TPSA) is 54.9 Å². The summed E-state index contributed by atoms with van der Waals surface area (Å²) in [5.74, 6) is 1.08. The predicted molar refractivity (Wildman–Crippen MR) is 118 cm³/mol. The van der Waals surface area contributed by atoms with Crippen LogP contribution in [-0.4, -0.2) is 21.6 Å². The van der Waals surface area contributed by atoms with Crippen molar-refractivity contribution in [3.05, 3.63) is 102 Å². The molecule has 0 aliphatic rings. The third-order valence-electron chi connectivity index (χ3n) is 4.49. The Morgan fingerprint density at radius 1 is 0.793 bits per heavy atom. The number of carbonyl (C=O) groups is 1. The molecule has 4 aromatic rings. The molecule has 0 fully saturated rings. The second-order valence-electron chi connectivity index (χ2n) is 6.68. The average Bonchev–Trinajstić information content (AvgIpc) is 2.77. The summed E-state index contributed by atoms with van der Waals surface area (Å²) in [7, 11) is 0. The van der Waals surface area contributed by atoms with E-state index in [0.717, 1.165) is 27.3 Å². The van der Waals surface area contributed by atoms with E-state index in [4.69, 9.17) is 9.97 Å². The molecular weight excluding hydrogens is 378 g/mol. The molecule has 0 aliphatic heterocycles. The minimum absolute atomic E-state index is 0.00819. The number of nitrogens with one attached hydrogen (secondary N) is 1. The zero-order valence-corrected chi connectivity index (χ0v) is 16.7. The number of hydrogen-bond donors (Lipinski definition) is 1. The molecule has 1 heterocycles. The molecule has 0 atom stereocenters. The number of aromatic nitrogens is 2. The minimum atomic E-state index is -0.00819. The monoisotopic (exact) mass is 399 g/mol. The number of benzene rings is 3. The van der Waals surface area contributed by atoms with Gasteiger partial charge in [-0.15, -0.1) is 0 Å². The van der Waals surface area contributed by atoms with E-state index in [1.807, 2.05) is 72.8 Å². The average molecular weight is 400 g/mol. The van der Waals surface area contributed by atoms with Crippen molar-refractivity contribution in [2.75, 3.05) is 5.75 Å². The molecule has 0 unspecified atom stereocenters. The summed E-state index contributed by atoms with van der Waals surface area (Å²) >= 11 is 1.45. The first-order valence-corrected chi connectivity index (χ1v) is 10.5. The lowest BCUT2D eigenvalue weighted by Gasteiger charge is -2.09. The maximum atomic E-state index is 12.3. The number of thioether (sulfide) groups is 1. The summed E-state index contributed by atoms with van der Waals surface area (Å²) in [5, 5.41) is 4.79. The molecule has 4 rings (SSSR count). The van der Waals surface area contributed by atoms with Gasteiger partial charge in [-0.1, -0.05) is 90.6 Å². The fourth-order valence-corrected chi connectivity index (χ4v) is 3.91. The van der Waals surface area contributed by atoms with Gasteiger partial charge in [-0.25, -0.2) is 9.97 Å². The van der Waals surface area contributed by atoms with Crippen molar-refractivity contribution in [2.45, 2.75) is 18.0 Å². The summed E-state index contributed by atoms with van der Waals surface area (Å²) in [6.45, 7) is 0.532. The van der Waals surface area contributed by atoms with E-state index in [9.17, 15) is 4.79 Å². The standard InChI is InChI=1S/C24H21N3OS/c28-23(25-16-19-11-5-2-6-12-19)17-29-24-20-13-7-8-14-21(20)26-22(27-24)15-18-9-3-1-4-10-18/h1-14H,15-17H2,(H,25,28). The highest BCUT2D eigenvalue weighted by atomic mass is 32.2. The van der Waals surface area contributed by atoms with E-state index in [1.54, 1.807) is 0 Å². The van der Waals surface area contributed by atoms with Crippen LogP contribution in [-0.2, 0) is 17.8 Å². The molecule has 144 valence electrons. The van der Waals surface area contributed by atoms with Gasteiger partial charge in [-0.3, -0.25) is 4.79 Å². The fourth-order valence-electron chi connectivity index (χ4n) is 3.04. The molecule has 1 N–H and O–H groups in total. The van der Waals surface area contributed by atoms with Crippen molar-refractivity contribution in [1.29, 1.82) is 0 Å². The highest BCUT2D eigenvalue weighted by molar-refractivity contribution is 8.00. The van der Waals surface area contributed by atoms with E-state index in [2.05, 4.69) is 17.4 Å². The van der Waals surface area contributed by atoms with Gasteiger partial charge < -0.3 is 5.32 Å². The maximum Gasteiger partial charge on any atom is 0.230 e. The van der Waals surface area contributed by atoms with Crippen molar-refractivity contribution in [3.8, 4) is 0 Å². The van der Waals surface area contributed by atoms with Crippen LogP contribution in [0.15, 0.2) is 90.0 Å². The van der Waals surface area contributed by atoms with Crippen LogP contribution in [0.4, 0.5) is 0 Å². The Balaban J connectivity index is 1.47. The highest BCUT2D eigenvalue weighted by Crippen LogP contribution is 2.25. The van der Waals surface area contributed by atoms with Crippen LogP contribution in [0.2, 0.25) is 0 Å². The molecular formula is C24H21N3OS. The number of rotatable bonds is 7. The van der Waals surface area contributed by atoms with Crippen molar-refractivity contribution >= 4 is 28.6 Å². The second kappa shape index (κ2) is 9.34. The summed E-state index contributed by atoms with van der Waals surface area (Å²) in [6.07, 6.45) is 0.666. The molecule has 0 saturated carbocycles. The van der Waals surface area contributed by atoms with Gasteiger partial charge in [-0.2, -0.15) is 0 Å². The lowest BCUT2D eigenvalue weighted by Crippen LogP contribution is -2.24. The van der Waals surface area contributed by atoms with Gasteiger partial charge in [0.15, 0.2) is 0 Å². The zero-order valence-electron chi connectivity index (χ0n) is 15.9. The second-order valence-corrected chi connectivity index (χ2v) is 7.64. The third kappa shape index (κ3) is 5.21. The first-order chi connectivity index (χ1) is 14.3. The summed E-state index contributed by atoms with van der Waals surface area (Å²) < 4.78 is 0. The van der Waals surface area contributed by atoms with Crippen LogP contribution < -0.4 is 5.32 Å². The smallest absolute Gasteiger partial charge is 0.230 e. The largest absolute Gasteiger partial charge is 0.351 e. The number of nitrogens with zero attached hydrogens (tertiary/aromatic N) is 2. The summed E-state index contributed by atoms with van der Waals surface area (Å²) in [6, 6.07) is 28.0. The lowest BCUT2D eigenvalue weighted by molar-refractivity contribution is -0.118. The van der Waals surface area contributed by atoms with Crippen LogP contribution in [0.1, 0.15) is 17.0 Å². The van der Waals surface area contributed by atoms with Gasteiger partial charge in [0.05, 0.1) is 11.3 Å². The van der Waals surface area contributed by atoms with Gasteiger partial charge in [0, 0.05) is 18.4 Å². The Bertz CT molecular complexity index is 1100. The Hall–Kier alpha value is -3.18. The van der Waals surface area contributed by atoms with Crippen LogP contribution in [0, 0.1) is 0 Å². The number of hydrogen-bond acceptors (Lipinski definition) is 4. The summed E-state index contributed by atoms with van der Waals surface area (Å²) in [5.41, 5.74) is 3.16. The molecule has 0 radical (unpaired) electrons. The normalized spacial score (nSPS) is 10.8. The van der Waals surface area contributed by atoms with Crippen LogP contribution in [0.25, 0.3) is 10.9 Å². The van der Waals surface area contributed by atoms with E-state index < -0.39 is 0 Å². The molecule has 4 nitrogen and oxygen atoms in total. The molecule has 29 heavy (non-hydrogen) atoms. The third-order valence-corrected chi connectivity index (χ3v) is 5.48. The molecule has 3 aromatic carbocycles. The van der Waals surface area contributed by atoms with E-state index in [0.29, 0.717) is 18.7 Å². The first-order valence-electron chi connectivity index (χ1n) is 9.51. The van der Waals surface area contributed by atoms with Gasteiger partial charge in [0.25, 0.3) is 0 Å². The van der Waals surface area contributed by atoms with Crippen LogP contribution in [0.3, 0.4) is 0 Å². The zero-order chi connectivity index (χ0) is 19.9. The number of fused-ring (bicyclic) bond motifs is 1. The van der Waals surface area contributed by atoms with Crippen molar-refractivity contribution in [2.24, 2.45) is 0 Å².